The van der Waals surface area contributed by atoms with Crippen molar-refractivity contribution >= 4 is 17.9 Å². The van der Waals surface area contributed by atoms with E-state index in [4.69, 9.17) is 9.47 Å². The van der Waals surface area contributed by atoms with Gasteiger partial charge in [0, 0.05) is 13.0 Å². The molecular weight excluding hydrogens is 554 g/mol. The molecule has 0 heterocycles. The molecular formula is C36H47N3O5. The summed E-state index contributed by atoms with van der Waals surface area (Å²) in [5, 5.41) is 8.64. The molecule has 0 aromatic heterocycles. The number of carbonyl (C=O) groups is 3. The lowest BCUT2D eigenvalue weighted by atomic mass is 10.0. The van der Waals surface area contributed by atoms with Crippen LogP contribution in [-0.4, -0.2) is 37.1 Å². The molecule has 0 bridgehead atoms. The standard InChI is InChI=1S/C36H47N3O5/c1-3-4-5-6-7-8-15-20-32(34(40)37-26-29-21-23-31(43-2)24-22-29)38-35(41)33(25-28-16-11-9-12-17-28)39-36(42)44-27-30-18-13-10-14-19-30/h9-14,16-19,21-24,32-33H,3-8,15,20,25-27H2,1-2H3,(H,37,40)(H,38,41)(H,39,42)/t32?,33-/m0/s1. The molecule has 1 unspecified atom stereocenters. The maximum Gasteiger partial charge on any atom is 0.408 e. The van der Waals surface area contributed by atoms with Gasteiger partial charge in [0.05, 0.1) is 7.11 Å². The first-order valence-electron chi connectivity index (χ1n) is 15.7. The molecule has 0 saturated heterocycles. The Kier molecular flexibility index (Phi) is 15.4. The zero-order valence-electron chi connectivity index (χ0n) is 26.1. The van der Waals surface area contributed by atoms with Gasteiger partial charge in [0.1, 0.15) is 24.4 Å². The molecule has 44 heavy (non-hydrogen) atoms. The lowest BCUT2D eigenvalue weighted by molar-refractivity contribution is -0.130. The third-order valence-corrected chi connectivity index (χ3v) is 7.46. The number of nitrogens with one attached hydrogen (secondary N) is 3. The number of benzene rings is 3. The normalized spacial score (nSPS) is 12.0. The monoisotopic (exact) mass is 601 g/mol. The Morgan fingerprint density at radius 1 is 0.659 bits per heavy atom. The Morgan fingerprint density at radius 3 is 1.91 bits per heavy atom. The van der Waals surface area contributed by atoms with Crippen LogP contribution in [0.3, 0.4) is 0 Å². The Balaban J connectivity index is 1.66. The van der Waals surface area contributed by atoms with Crippen molar-refractivity contribution in [1.29, 1.82) is 0 Å². The molecule has 0 aliphatic carbocycles. The molecule has 0 radical (unpaired) electrons. The molecule has 8 nitrogen and oxygen atoms in total. The summed E-state index contributed by atoms with van der Waals surface area (Å²) >= 11 is 0. The smallest absolute Gasteiger partial charge is 0.408 e. The Hall–Kier alpha value is -4.33. The summed E-state index contributed by atoms with van der Waals surface area (Å²) < 4.78 is 10.6. The summed E-state index contributed by atoms with van der Waals surface area (Å²) in [5.74, 6) is 0.0479. The molecule has 0 aliphatic rings. The lowest BCUT2D eigenvalue weighted by Gasteiger charge is -2.23. The lowest BCUT2D eigenvalue weighted by Crippen LogP contribution is -2.54. The third-order valence-electron chi connectivity index (χ3n) is 7.46. The van der Waals surface area contributed by atoms with Gasteiger partial charge >= 0.3 is 6.09 Å². The fourth-order valence-corrected chi connectivity index (χ4v) is 4.87. The van der Waals surface area contributed by atoms with Gasteiger partial charge < -0.3 is 25.4 Å². The van der Waals surface area contributed by atoms with Crippen LogP contribution in [0, 0.1) is 0 Å². The van der Waals surface area contributed by atoms with Crippen LogP contribution in [0.15, 0.2) is 84.9 Å². The van der Waals surface area contributed by atoms with E-state index < -0.39 is 24.1 Å². The van der Waals surface area contributed by atoms with E-state index in [2.05, 4.69) is 22.9 Å². The minimum atomic E-state index is -0.924. The van der Waals surface area contributed by atoms with Gasteiger partial charge in [-0.1, -0.05) is 125 Å². The quantitative estimate of drug-likeness (QED) is 0.137. The van der Waals surface area contributed by atoms with E-state index in [9.17, 15) is 14.4 Å². The molecule has 8 heteroatoms. The summed E-state index contributed by atoms with van der Waals surface area (Å²) in [4.78, 5) is 39.8. The highest BCUT2D eigenvalue weighted by Crippen LogP contribution is 2.13. The largest absolute Gasteiger partial charge is 0.497 e. The maximum absolute atomic E-state index is 13.6. The zero-order valence-corrected chi connectivity index (χ0v) is 26.1. The van der Waals surface area contributed by atoms with Crippen molar-refractivity contribution in [1.82, 2.24) is 16.0 Å². The van der Waals surface area contributed by atoms with Crippen LogP contribution in [0.4, 0.5) is 4.79 Å². The van der Waals surface area contributed by atoms with Gasteiger partial charge in [-0.25, -0.2) is 4.79 Å². The molecule has 0 spiro atoms. The number of alkyl carbamates (subject to hydrolysis) is 1. The number of hydrogen-bond acceptors (Lipinski definition) is 5. The van der Waals surface area contributed by atoms with Gasteiger partial charge in [-0.2, -0.15) is 0 Å². The second-order valence-electron chi connectivity index (χ2n) is 11.0. The molecule has 0 saturated carbocycles. The van der Waals surface area contributed by atoms with Crippen molar-refractivity contribution in [3.63, 3.8) is 0 Å². The van der Waals surface area contributed by atoms with Crippen molar-refractivity contribution in [3.05, 3.63) is 102 Å². The fraction of sp³-hybridized carbons (Fsp3) is 0.417. The van der Waals surface area contributed by atoms with Gasteiger partial charge in [0.15, 0.2) is 0 Å². The van der Waals surface area contributed by atoms with Crippen molar-refractivity contribution in [2.75, 3.05) is 7.11 Å². The maximum atomic E-state index is 13.6. The van der Waals surface area contributed by atoms with E-state index in [0.29, 0.717) is 13.0 Å². The van der Waals surface area contributed by atoms with Crippen LogP contribution in [-0.2, 0) is 33.9 Å². The second-order valence-corrected chi connectivity index (χ2v) is 11.0. The zero-order chi connectivity index (χ0) is 31.4. The Bertz CT molecular complexity index is 1250. The number of amides is 3. The summed E-state index contributed by atoms with van der Waals surface area (Å²) in [6, 6.07) is 24.6. The predicted molar refractivity (Wildman–Crippen MR) is 173 cm³/mol. The van der Waals surface area contributed by atoms with Crippen LogP contribution in [0.25, 0.3) is 0 Å². The highest BCUT2D eigenvalue weighted by atomic mass is 16.5. The van der Waals surface area contributed by atoms with Crippen molar-refractivity contribution in [3.8, 4) is 5.75 Å². The van der Waals surface area contributed by atoms with Crippen LogP contribution in [0.1, 0.15) is 75.0 Å². The van der Waals surface area contributed by atoms with E-state index in [1.54, 1.807) is 7.11 Å². The van der Waals surface area contributed by atoms with Crippen molar-refractivity contribution in [2.24, 2.45) is 0 Å². The predicted octanol–water partition coefficient (Wildman–Crippen LogP) is 6.47. The number of ether oxygens (including phenoxy) is 2. The molecule has 2 atom stereocenters. The third kappa shape index (κ3) is 12.9. The van der Waals surface area contributed by atoms with Crippen molar-refractivity contribution < 1.29 is 23.9 Å². The van der Waals surface area contributed by atoms with Gasteiger partial charge in [0.2, 0.25) is 11.8 Å². The van der Waals surface area contributed by atoms with Gasteiger partial charge in [0.25, 0.3) is 0 Å². The van der Waals surface area contributed by atoms with Gasteiger partial charge in [-0.15, -0.1) is 0 Å². The molecule has 3 N–H and O–H groups in total. The SMILES string of the molecule is CCCCCCCCCC(NC(=O)[C@H](Cc1ccccc1)NC(=O)OCc1ccccc1)C(=O)NCc1ccc(OC)cc1. The van der Waals surface area contributed by atoms with E-state index in [1.165, 1.54) is 25.7 Å². The number of unbranched alkanes of at least 4 members (excludes halogenated alkanes) is 6. The average molecular weight is 602 g/mol. The number of methoxy groups -OCH3 is 1. The summed E-state index contributed by atoms with van der Waals surface area (Å²) in [6.07, 6.45) is 7.76. The molecule has 3 amide bonds. The van der Waals surface area contributed by atoms with Crippen LogP contribution < -0.4 is 20.7 Å². The fourth-order valence-electron chi connectivity index (χ4n) is 4.87. The highest BCUT2D eigenvalue weighted by Gasteiger charge is 2.27. The van der Waals surface area contributed by atoms with E-state index in [-0.39, 0.29) is 18.9 Å². The second kappa shape index (κ2) is 19.8. The van der Waals surface area contributed by atoms with E-state index in [1.807, 2.05) is 84.9 Å². The van der Waals surface area contributed by atoms with Crippen LogP contribution >= 0.6 is 0 Å². The number of hydrogen-bond donors (Lipinski definition) is 3. The Morgan fingerprint density at radius 2 is 1.27 bits per heavy atom. The molecule has 3 aromatic rings. The summed E-state index contributed by atoms with van der Waals surface area (Å²) in [7, 11) is 1.61. The molecule has 3 rings (SSSR count). The highest BCUT2D eigenvalue weighted by molar-refractivity contribution is 5.91. The Labute approximate surface area is 261 Å². The molecule has 3 aromatic carbocycles. The van der Waals surface area contributed by atoms with E-state index >= 15 is 0 Å². The first-order valence-corrected chi connectivity index (χ1v) is 15.7. The molecule has 0 aliphatic heterocycles. The average Bonchev–Trinajstić information content (AvgIpc) is 3.06. The number of rotatable bonds is 19. The first-order chi connectivity index (χ1) is 21.5. The first kappa shape index (κ1) is 34.2. The van der Waals surface area contributed by atoms with Gasteiger partial charge in [-0.05, 0) is 35.2 Å². The van der Waals surface area contributed by atoms with Crippen LogP contribution in [0.5, 0.6) is 5.75 Å². The van der Waals surface area contributed by atoms with Gasteiger partial charge in [-0.3, -0.25) is 9.59 Å². The summed E-state index contributed by atoms with van der Waals surface area (Å²) in [6.45, 7) is 2.60. The minimum absolute atomic E-state index is 0.0843. The topological polar surface area (TPSA) is 106 Å². The molecule has 236 valence electrons. The van der Waals surface area contributed by atoms with Crippen LogP contribution in [0.2, 0.25) is 0 Å². The minimum Gasteiger partial charge on any atom is -0.497 e. The summed E-state index contributed by atoms with van der Waals surface area (Å²) in [5.41, 5.74) is 2.64. The van der Waals surface area contributed by atoms with Crippen molar-refractivity contribution in [2.45, 2.75) is 89.9 Å². The number of carbonyl (C=O) groups excluding carboxylic acids is 3. The van der Waals surface area contributed by atoms with E-state index in [0.717, 1.165) is 41.7 Å². The molecule has 0 fully saturated rings.